The minimum atomic E-state index is 0.778. The van der Waals surface area contributed by atoms with Crippen molar-refractivity contribution in [1.82, 2.24) is 10.6 Å². The van der Waals surface area contributed by atoms with E-state index in [1.165, 1.54) is 0 Å². The average Bonchev–Trinajstić information content (AvgIpc) is 2.47. The Hall–Kier alpha value is -0.880. The molecule has 0 unspecified atom stereocenters. The van der Waals surface area contributed by atoms with E-state index >= 15 is 0 Å². The van der Waals surface area contributed by atoms with Crippen molar-refractivity contribution in [3.8, 4) is 0 Å². The largest absolute Gasteiger partial charge is 0.379 e. The molecule has 0 rings (SSSR count). The molecule has 0 aliphatic heterocycles. The monoisotopic (exact) mass is 328 g/mol. The lowest BCUT2D eigenvalue weighted by Gasteiger charge is -2.06. The number of hydrogen-bond donors (Lipinski definition) is 4. The molecule has 0 heterocycles. The Morgan fingerprint density at radius 1 is 0.810 bits per heavy atom. The highest BCUT2D eigenvalue weighted by molar-refractivity contribution is 7.84. The summed E-state index contributed by atoms with van der Waals surface area (Å²) in [5.74, 6) is 0. The van der Waals surface area contributed by atoms with Gasteiger partial charge < -0.3 is 10.6 Å². The summed E-state index contributed by atoms with van der Waals surface area (Å²) in [7, 11) is 0. The maximum absolute atomic E-state index is 4.49. The lowest BCUT2D eigenvalue weighted by molar-refractivity contribution is 0.902. The fourth-order valence-electron chi connectivity index (χ4n) is 1.52. The van der Waals surface area contributed by atoms with Crippen molar-refractivity contribution in [3.05, 3.63) is 22.5 Å². The zero-order chi connectivity index (χ0) is 16.1. The topological polar surface area (TPSA) is 48.8 Å². The molecule has 4 nitrogen and oxygen atoms in total. The van der Waals surface area contributed by atoms with Gasteiger partial charge in [-0.05, 0) is 26.7 Å². The van der Waals surface area contributed by atoms with E-state index < -0.39 is 0 Å². The van der Waals surface area contributed by atoms with Gasteiger partial charge in [0.05, 0.1) is 22.5 Å². The van der Waals surface area contributed by atoms with Gasteiger partial charge in [-0.1, -0.05) is 13.8 Å². The Balaban J connectivity index is 4.83. The molecule has 120 valence electrons. The molecular weight excluding hydrogens is 300 g/mol. The molecule has 0 bridgehead atoms. The fraction of sp³-hybridized carbons (Fsp3) is 0.600. The molecule has 0 saturated heterocycles. The third kappa shape index (κ3) is 10.5. The van der Waals surface area contributed by atoms with Gasteiger partial charge >= 0.3 is 0 Å². The Bertz CT molecular complexity index is 374. The molecule has 0 aliphatic carbocycles. The number of hydrogen-bond acceptors (Lipinski definition) is 6. The van der Waals surface area contributed by atoms with E-state index in [0.29, 0.717) is 0 Å². The molecule has 0 fully saturated rings. The summed E-state index contributed by atoms with van der Waals surface area (Å²) in [4.78, 5) is 8.98. The van der Waals surface area contributed by atoms with Crippen LogP contribution in [0.4, 0.5) is 0 Å². The van der Waals surface area contributed by atoms with Crippen LogP contribution < -0.4 is 10.6 Å². The van der Waals surface area contributed by atoms with E-state index in [4.69, 9.17) is 0 Å². The highest BCUT2D eigenvalue weighted by atomic mass is 32.1. The quantitative estimate of drug-likeness (QED) is 0.365. The molecule has 21 heavy (non-hydrogen) atoms. The van der Waals surface area contributed by atoms with Crippen molar-refractivity contribution in [2.45, 2.75) is 47.0 Å². The molecule has 0 amide bonds. The number of aliphatic imine (C=N–C) groups is 2. The summed E-state index contributed by atoms with van der Waals surface area (Å²) in [6, 6.07) is 0. The van der Waals surface area contributed by atoms with E-state index in [-0.39, 0.29) is 0 Å². The molecule has 0 atom stereocenters. The Morgan fingerprint density at radius 3 is 1.48 bits per heavy atom. The first-order valence-electron chi connectivity index (χ1n) is 7.44. The summed E-state index contributed by atoms with van der Waals surface area (Å²) in [5.41, 5.74) is 2.19. The van der Waals surface area contributed by atoms with E-state index in [1.54, 1.807) is 12.4 Å². The smallest absolute Gasteiger partial charge is 0.0836 e. The van der Waals surface area contributed by atoms with Crippen LogP contribution in [-0.4, -0.2) is 24.5 Å². The van der Waals surface area contributed by atoms with E-state index in [0.717, 1.165) is 53.8 Å². The average molecular weight is 329 g/mol. The van der Waals surface area contributed by atoms with Crippen LogP contribution in [0.1, 0.15) is 47.0 Å². The van der Waals surface area contributed by atoms with Crippen LogP contribution >= 0.6 is 25.3 Å². The molecule has 0 aromatic heterocycles. The summed E-state index contributed by atoms with van der Waals surface area (Å²) in [6.45, 7) is 9.94. The normalized spacial score (nSPS) is 14.4. The van der Waals surface area contributed by atoms with Crippen molar-refractivity contribution in [1.29, 1.82) is 0 Å². The lowest BCUT2D eigenvalue weighted by atomic mass is 10.1. The van der Waals surface area contributed by atoms with Gasteiger partial charge in [-0.2, -0.15) is 0 Å². The van der Waals surface area contributed by atoms with Crippen LogP contribution in [0.3, 0.4) is 0 Å². The summed E-state index contributed by atoms with van der Waals surface area (Å²) in [6.07, 6.45) is 6.09. The van der Waals surface area contributed by atoms with E-state index in [9.17, 15) is 0 Å². The third-order valence-corrected chi connectivity index (χ3v) is 3.23. The molecule has 0 radical (unpaired) electrons. The highest BCUT2D eigenvalue weighted by Gasteiger charge is 2.02. The fourth-order valence-corrected chi connectivity index (χ4v) is 1.95. The zero-order valence-electron chi connectivity index (χ0n) is 13.5. The minimum Gasteiger partial charge on any atom is -0.379 e. The van der Waals surface area contributed by atoms with E-state index in [2.05, 4.69) is 59.7 Å². The number of nitrogens with one attached hydrogen (secondary N) is 2. The summed E-state index contributed by atoms with van der Waals surface area (Å²) >= 11 is 8.63. The van der Waals surface area contributed by atoms with E-state index in [1.807, 2.05) is 13.8 Å². The van der Waals surface area contributed by atoms with Crippen molar-refractivity contribution in [3.63, 3.8) is 0 Å². The Kier molecular flexibility index (Phi) is 12.3. The first-order chi connectivity index (χ1) is 10.1. The molecule has 0 saturated carbocycles. The molecule has 6 heteroatoms. The molecule has 2 N–H and O–H groups in total. The van der Waals surface area contributed by atoms with Crippen molar-refractivity contribution in [2.24, 2.45) is 9.98 Å². The van der Waals surface area contributed by atoms with Crippen LogP contribution in [0.5, 0.6) is 0 Å². The van der Waals surface area contributed by atoms with Gasteiger partial charge in [-0.3, -0.25) is 9.98 Å². The first kappa shape index (κ1) is 20.1. The van der Waals surface area contributed by atoms with Crippen LogP contribution in [0.25, 0.3) is 0 Å². The maximum Gasteiger partial charge on any atom is 0.0836 e. The second-order valence-electron chi connectivity index (χ2n) is 4.36. The second-order valence-corrected chi connectivity index (χ2v) is 5.33. The predicted molar refractivity (Wildman–Crippen MR) is 102 cm³/mol. The van der Waals surface area contributed by atoms with Gasteiger partial charge in [0.25, 0.3) is 0 Å². The molecular formula is C15H28N4S2. The van der Waals surface area contributed by atoms with Crippen LogP contribution in [0, 0.1) is 0 Å². The number of nitrogens with zero attached hydrogens (tertiary/aromatic N) is 2. The van der Waals surface area contributed by atoms with Gasteiger partial charge in [0.1, 0.15) is 0 Å². The molecule has 0 aromatic carbocycles. The molecule has 0 aliphatic rings. The van der Waals surface area contributed by atoms with Gasteiger partial charge in [-0.25, -0.2) is 0 Å². The predicted octanol–water partition coefficient (Wildman–Crippen LogP) is 3.75. The standard InChI is InChI=1S/C15H28N4S2/c1-5-12(18-10-14(20)16-7-3)9-13(6-2)19-11-15(21)17-8-4/h10-11,16-17,20-21H,5-9H2,1-4H3/b14-10-,15-11-,18-12?,19-13?. The van der Waals surface area contributed by atoms with Crippen LogP contribution in [-0.2, 0) is 0 Å². The summed E-state index contributed by atoms with van der Waals surface area (Å²) in [5, 5.41) is 7.77. The second kappa shape index (κ2) is 12.8. The molecule has 0 spiro atoms. The highest BCUT2D eigenvalue weighted by Crippen LogP contribution is 2.04. The maximum atomic E-state index is 4.49. The molecule has 0 aromatic rings. The zero-order valence-corrected chi connectivity index (χ0v) is 15.3. The minimum absolute atomic E-state index is 0.778. The summed E-state index contributed by atoms with van der Waals surface area (Å²) < 4.78 is 0. The SMILES string of the molecule is CCN/C(S)=C/N=C(CC)CC(CC)=N/C=C(\S)NCC. The van der Waals surface area contributed by atoms with Crippen molar-refractivity contribution in [2.75, 3.05) is 13.1 Å². The van der Waals surface area contributed by atoms with Crippen LogP contribution in [0.15, 0.2) is 32.4 Å². The van der Waals surface area contributed by atoms with Gasteiger partial charge in [0, 0.05) is 30.9 Å². The van der Waals surface area contributed by atoms with Gasteiger partial charge in [-0.15, -0.1) is 25.3 Å². The first-order valence-corrected chi connectivity index (χ1v) is 8.33. The Morgan fingerprint density at radius 2 is 1.19 bits per heavy atom. The Labute approximate surface area is 140 Å². The van der Waals surface area contributed by atoms with Gasteiger partial charge in [0.2, 0.25) is 0 Å². The van der Waals surface area contributed by atoms with Crippen molar-refractivity contribution >= 4 is 36.7 Å². The lowest BCUT2D eigenvalue weighted by Crippen LogP contribution is -2.09. The third-order valence-electron chi connectivity index (χ3n) is 2.68. The van der Waals surface area contributed by atoms with Crippen LogP contribution in [0.2, 0.25) is 0 Å². The number of rotatable bonds is 10. The van der Waals surface area contributed by atoms with Gasteiger partial charge in [0.15, 0.2) is 0 Å². The number of thiol groups is 2. The van der Waals surface area contributed by atoms with Crippen molar-refractivity contribution < 1.29 is 0 Å².